The predicted molar refractivity (Wildman–Crippen MR) is 116 cm³/mol. The first kappa shape index (κ1) is 18.9. The predicted octanol–water partition coefficient (Wildman–Crippen LogP) is 4.80. The molecule has 5 heteroatoms. The first-order valence-corrected chi connectivity index (χ1v) is 9.86. The molecule has 0 saturated heterocycles. The van der Waals surface area contributed by atoms with Crippen LogP contribution in [0.5, 0.6) is 0 Å². The van der Waals surface area contributed by atoms with Gasteiger partial charge in [0.25, 0.3) is 11.8 Å². The van der Waals surface area contributed by atoms with Crippen LogP contribution in [0.25, 0.3) is 10.8 Å². The molecule has 0 spiro atoms. The van der Waals surface area contributed by atoms with E-state index in [2.05, 4.69) is 0 Å². The van der Waals surface area contributed by atoms with Gasteiger partial charge in [-0.2, -0.15) is 0 Å². The first-order chi connectivity index (χ1) is 15.1. The highest BCUT2D eigenvalue weighted by molar-refractivity contribution is 6.28. The Kier molecular flexibility index (Phi) is 4.65. The van der Waals surface area contributed by atoms with Gasteiger partial charge in [0.1, 0.15) is 6.61 Å². The SMILES string of the molecule is O=C(c1ccccc1)c1ccc2c3c(cccc13)C(=O)N(OCc1ccccc1)C2=O. The van der Waals surface area contributed by atoms with Crippen molar-refractivity contribution in [2.75, 3.05) is 0 Å². The average Bonchev–Trinajstić information content (AvgIpc) is 2.83. The van der Waals surface area contributed by atoms with Gasteiger partial charge in [-0.15, -0.1) is 5.06 Å². The Labute approximate surface area is 178 Å². The molecule has 5 rings (SSSR count). The van der Waals surface area contributed by atoms with Crippen molar-refractivity contribution in [2.45, 2.75) is 6.61 Å². The lowest BCUT2D eigenvalue weighted by molar-refractivity contribution is -0.104. The quantitative estimate of drug-likeness (QED) is 0.352. The van der Waals surface area contributed by atoms with Crippen LogP contribution in [0.4, 0.5) is 0 Å². The molecule has 2 amide bonds. The van der Waals surface area contributed by atoms with E-state index in [-0.39, 0.29) is 12.4 Å². The lowest BCUT2D eigenvalue weighted by Gasteiger charge is -2.26. The Morgan fingerprint density at radius 2 is 1.35 bits per heavy atom. The van der Waals surface area contributed by atoms with E-state index >= 15 is 0 Å². The molecule has 1 aliphatic heterocycles. The normalized spacial score (nSPS) is 13.0. The minimum atomic E-state index is -0.539. The summed E-state index contributed by atoms with van der Waals surface area (Å²) >= 11 is 0. The van der Waals surface area contributed by atoms with Gasteiger partial charge in [-0.1, -0.05) is 72.8 Å². The van der Waals surface area contributed by atoms with Crippen LogP contribution < -0.4 is 0 Å². The molecule has 0 unspecified atom stereocenters. The van der Waals surface area contributed by atoms with E-state index in [0.717, 1.165) is 10.6 Å². The van der Waals surface area contributed by atoms with Crippen LogP contribution in [0.15, 0.2) is 91.0 Å². The van der Waals surface area contributed by atoms with E-state index in [9.17, 15) is 14.4 Å². The fourth-order valence-electron chi connectivity index (χ4n) is 3.85. The summed E-state index contributed by atoms with van der Waals surface area (Å²) in [5, 5.41) is 1.87. The molecule has 0 atom stereocenters. The Morgan fingerprint density at radius 1 is 0.710 bits per heavy atom. The molecule has 5 nitrogen and oxygen atoms in total. The van der Waals surface area contributed by atoms with E-state index in [0.29, 0.717) is 33.0 Å². The van der Waals surface area contributed by atoms with Gasteiger partial charge in [-0.3, -0.25) is 19.2 Å². The van der Waals surface area contributed by atoms with Gasteiger partial charge in [0.05, 0.1) is 11.1 Å². The Morgan fingerprint density at radius 3 is 2.06 bits per heavy atom. The number of benzene rings is 4. The third-order valence-electron chi connectivity index (χ3n) is 5.35. The van der Waals surface area contributed by atoms with Crippen molar-refractivity contribution in [2.24, 2.45) is 0 Å². The second kappa shape index (κ2) is 7.63. The summed E-state index contributed by atoms with van der Waals surface area (Å²) < 4.78 is 0. The van der Waals surface area contributed by atoms with Gasteiger partial charge in [-0.25, -0.2) is 0 Å². The molecule has 150 valence electrons. The van der Waals surface area contributed by atoms with Crippen molar-refractivity contribution in [1.82, 2.24) is 5.06 Å². The number of rotatable bonds is 5. The van der Waals surface area contributed by atoms with Crippen LogP contribution in [-0.2, 0) is 11.4 Å². The fraction of sp³-hybridized carbons (Fsp3) is 0.0385. The van der Waals surface area contributed by atoms with Crippen LogP contribution in [0.3, 0.4) is 0 Å². The first-order valence-electron chi connectivity index (χ1n) is 9.86. The maximum absolute atomic E-state index is 13.1. The number of hydrogen-bond donors (Lipinski definition) is 0. The third kappa shape index (κ3) is 3.21. The van der Waals surface area contributed by atoms with Crippen LogP contribution in [0.1, 0.15) is 42.2 Å². The van der Waals surface area contributed by atoms with E-state index in [4.69, 9.17) is 4.84 Å². The largest absolute Gasteiger partial charge is 0.289 e. The highest BCUT2D eigenvalue weighted by Crippen LogP contribution is 2.33. The number of hydrogen-bond acceptors (Lipinski definition) is 4. The maximum atomic E-state index is 13.1. The zero-order valence-corrected chi connectivity index (χ0v) is 16.4. The number of amides is 2. The number of carbonyl (C=O) groups excluding carboxylic acids is 3. The smallest absolute Gasteiger partial charge is 0.285 e. The highest BCUT2D eigenvalue weighted by Gasteiger charge is 2.35. The molecule has 4 aromatic carbocycles. The number of ketones is 1. The highest BCUT2D eigenvalue weighted by atomic mass is 16.7. The Balaban J connectivity index is 1.56. The van der Waals surface area contributed by atoms with Crippen LogP contribution in [0.2, 0.25) is 0 Å². The molecule has 0 saturated carbocycles. The summed E-state index contributed by atoms with van der Waals surface area (Å²) in [7, 11) is 0. The van der Waals surface area contributed by atoms with Crippen LogP contribution in [0, 0.1) is 0 Å². The van der Waals surface area contributed by atoms with Crippen LogP contribution in [-0.4, -0.2) is 22.7 Å². The van der Waals surface area contributed by atoms with Crippen molar-refractivity contribution in [3.05, 3.63) is 119 Å². The third-order valence-corrected chi connectivity index (χ3v) is 5.35. The van der Waals surface area contributed by atoms with Gasteiger partial charge in [0.2, 0.25) is 0 Å². The summed E-state index contributed by atoms with van der Waals surface area (Å²) in [4.78, 5) is 44.8. The van der Waals surface area contributed by atoms with Crippen molar-refractivity contribution < 1.29 is 19.2 Å². The van der Waals surface area contributed by atoms with Gasteiger partial charge in [-0.05, 0) is 29.1 Å². The van der Waals surface area contributed by atoms with Gasteiger partial charge in [0, 0.05) is 16.5 Å². The second-order valence-corrected chi connectivity index (χ2v) is 7.25. The maximum Gasteiger partial charge on any atom is 0.285 e. The number of carbonyl (C=O) groups is 3. The lowest BCUT2D eigenvalue weighted by atomic mass is 9.89. The zero-order valence-electron chi connectivity index (χ0n) is 16.4. The molecule has 0 N–H and O–H groups in total. The molecule has 0 bridgehead atoms. The van der Waals surface area contributed by atoms with Gasteiger partial charge < -0.3 is 0 Å². The summed E-state index contributed by atoms with van der Waals surface area (Å²) in [5.41, 5.74) is 2.51. The van der Waals surface area contributed by atoms with Crippen molar-refractivity contribution in [3.63, 3.8) is 0 Å². The lowest BCUT2D eigenvalue weighted by Crippen LogP contribution is -2.40. The summed E-state index contributed by atoms with van der Waals surface area (Å²) in [6.07, 6.45) is 0. The molecule has 1 heterocycles. The average molecular weight is 407 g/mol. The second-order valence-electron chi connectivity index (χ2n) is 7.25. The Hall–Kier alpha value is -4.09. The molecule has 0 fully saturated rings. The fourth-order valence-corrected chi connectivity index (χ4v) is 3.85. The molecule has 31 heavy (non-hydrogen) atoms. The summed E-state index contributed by atoms with van der Waals surface area (Å²) in [6.45, 7) is 0.0915. The molecule has 4 aromatic rings. The Bertz CT molecular complexity index is 1310. The van der Waals surface area contributed by atoms with Gasteiger partial charge >= 0.3 is 0 Å². The molecule has 0 aromatic heterocycles. The minimum absolute atomic E-state index is 0.0915. The van der Waals surface area contributed by atoms with E-state index in [1.807, 2.05) is 36.4 Å². The van der Waals surface area contributed by atoms with Crippen molar-refractivity contribution in [3.8, 4) is 0 Å². The van der Waals surface area contributed by atoms with Gasteiger partial charge in [0.15, 0.2) is 5.78 Å². The van der Waals surface area contributed by atoms with E-state index in [1.165, 1.54) is 0 Å². The zero-order chi connectivity index (χ0) is 21.4. The standard InChI is InChI=1S/C26H17NO4/c28-24(18-10-5-2-6-11-18)20-14-15-22-23-19(20)12-7-13-21(23)25(29)27(26(22)30)31-16-17-8-3-1-4-9-17/h1-15H,16H2. The van der Waals surface area contributed by atoms with Crippen molar-refractivity contribution in [1.29, 1.82) is 0 Å². The number of hydroxylamine groups is 2. The molecule has 0 aliphatic carbocycles. The molecule has 1 aliphatic rings. The summed E-state index contributed by atoms with van der Waals surface area (Å²) in [5.74, 6) is -1.24. The number of nitrogens with zero attached hydrogens (tertiary/aromatic N) is 1. The number of imide groups is 1. The molecule has 0 radical (unpaired) electrons. The molecular weight excluding hydrogens is 390 g/mol. The van der Waals surface area contributed by atoms with Crippen LogP contribution >= 0.6 is 0 Å². The van der Waals surface area contributed by atoms with E-state index < -0.39 is 11.8 Å². The van der Waals surface area contributed by atoms with Crippen molar-refractivity contribution >= 4 is 28.4 Å². The monoisotopic (exact) mass is 407 g/mol. The van der Waals surface area contributed by atoms with E-state index in [1.54, 1.807) is 54.6 Å². The molecular formula is C26H17NO4. The topological polar surface area (TPSA) is 63.7 Å². The minimum Gasteiger partial charge on any atom is -0.289 e. The summed E-state index contributed by atoms with van der Waals surface area (Å²) in [6, 6.07) is 26.6.